The number of unbranched alkanes of at least 4 members (excludes halogenated alkanes) is 1. The molecular formula is C19H36S. The van der Waals surface area contributed by atoms with E-state index >= 15 is 0 Å². The minimum Gasteiger partial charge on any atom is -0.158 e. The fourth-order valence-electron chi connectivity index (χ4n) is 5.38. The molecule has 0 amide bonds. The summed E-state index contributed by atoms with van der Waals surface area (Å²) < 4.78 is 0. The first-order valence-electron chi connectivity index (χ1n) is 9.05. The zero-order valence-corrected chi connectivity index (χ0v) is 15.4. The first kappa shape index (κ1) is 16.7. The molecule has 0 nitrogen and oxygen atoms in total. The van der Waals surface area contributed by atoms with Crippen LogP contribution in [0.4, 0.5) is 0 Å². The molecule has 1 heteroatoms. The molecule has 2 aliphatic carbocycles. The van der Waals surface area contributed by atoms with E-state index in [0.29, 0.717) is 5.41 Å². The fourth-order valence-corrected chi connectivity index (χ4v) is 7.14. The van der Waals surface area contributed by atoms with E-state index in [2.05, 4.69) is 53.3 Å². The third-order valence-electron chi connectivity index (χ3n) is 6.69. The van der Waals surface area contributed by atoms with Crippen LogP contribution in [0.25, 0.3) is 0 Å². The number of hydrogen-bond acceptors (Lipinski definition) is 1. The average Bonchev–Trinajstić information content (AvgIpc) is 2.95. The Hall–Kier alpha value is 0.350. The molecule has 118 valence electrons. The van der Waals surface area contributed by atoms with E-state index in [4.69, 9.17) is 0 Å². The fraction of sp³-hybridized carbons (Fsp3) is 1.00. The molecule has 2 saturated carbocycles. The van der Waals surface area contributed by atoms with Crippen molar-refractivity contribution in [1.29, 1.82) is 0 Å². The number of rotatable bonds is 7. The van der Waals surface area contributed by atoms with E-state index in [9.17, 15) is 0 Å². The maximum absolute atomic E-state index is 2.55. The number of thioether (sulfide) groups is 1. The average molecular weight is 297 g/mol. The Morgan fingerprint density at radius 2 is 1.80 bits per heavy atom. The van der Waals surface area contributed by atoms with Crippen molar-refractivity contribution in [2.75, 3.05) is 5.75 Å². The van der Waals surface area contributed by atoms with Gasteiger partial charge in [-0.3, -0.25) is 0 Å². The molecule has 2 fully saturated rings. The molecule has 0 aromatic rings. The Kier molecular flexibility index (Phi) is 5.54. The molecule has 2 bridgehead atoms. The number of hydrogen-bond donors (Lipinski definition) is 0. The summed E-state index contributed by atoms with van der Waals surface area (Å²) >= 11 is 2.32. The Balaban J connectivity index is 2.13. The van der Waals surface area contributed by atoms with Crippen LogP contribution in [-0.4, -0.2) is 11.0 Å². The Bertz CT molecular complexity index is 309. The summed E-state index contributed by atoms with van der Waals surface area (Å²) in [5, 5.41) is 0.976. The second kappa shape index (κ2) is 6.63. The van der Waals surface area contributed by atoms with Gasteiger partial charge in [-0.25, -0.2) is 0 Å². The van der Waals surface area contributed by atoms with Crippen molar-refractivity contribution < 1.29 is 0 Å². The summed E-state index contributed by atoms with van der Waals surface area (Å²) in [6.07, 6.45) is 7.36. The van der Waals surface area contributed by atoms with Gasteiger partial charge in [0, 0.05) is 5.25 Å². The lowest BCUT2D eigenvalue weighted by Gasteiger charge is -2.50. The van der Waals surface area contributed by atoms with E-state index in [0.717, 1.165) is 34.8 Å². The summed E-state index contributed by atoms with van der Waals surface area (Å²) in [4.78, 5) is 0. The van der Waals surface area contributed by atoms with Crippen LogP contribution in [0, 0.1) is 35.0 Å². The second-order valence-electron chi connectivity index (χ2n) is 8.21. The lowest BCUT2D eigenvalue weighted by atomic mass is 9.57. The highest BCUT2D eigenvalue weighted by Gasteiger charge is 2.59. The molecule has 0 aliphatic heterocycles. The molecular weight excluding hydrogens is 260 g/mol. The zero-order chi connectivity index (χ0) is 14.9. The lowest BCUT2D eigenvalue weighted by molar-refractivity contribution is 0.00885. The topological polar surface area (TPSA) is 0 Å². The Labute approximate surface area is 131 Å². The first-order valence-corrected chi connectivity index (χ1v) is 10.1. The summed E-state index contributed by atoms with van der Waals surface area (Å²) in [5.41, 5.74) is 0.640. The quantitative estimate of drug-likeness (QED) is 0.500. The summed E-state index contributed by atoms with van der Waals surface area (Å²) in [5.74, 6) is 6.01. The molecule has 20 heavy (non-hydrogen) atoms. The molecule has 0 N–H and O–H groups in total. The van der Waals surface area contributed by atoms with Crippen LogP contribution in [0.3, 0.4) is 0 Å². The Morgan fingerprint density at radius 1 is 1.10 bits per heavy atom. The molecule has 2 aliphatic rings. The highest BCUT2D eigenvalue weighted by atomic mass is 32.2. The normalized spacial score (nSPS) is 38.1. The maximum Gasteiger partial charge on any atom is 0.00835 e. The predicted octanol–water partition coefficient (Wildman–Crippen LogP) is 6.25. The standard InChI is InChI=1S/C19H36S/c1-7-8-9-20-18-11-16-10-17(18)19(12-16,14(4)5)15(6)13(2)3/h13-18H,7-12H2,1-6H3. The van der Waals surface area contributed by atoms with Gasteiger partial charge in [-0.15, -0.1) is 0 Å². The molecule has 0 spiro atoms. The van der Waals surface area contributed by atoms with Crippen LogP contribution in [0.15, 0.2) is 0 Å². The monoisotopic (exact) mass is 296 g/mol. The maximum atomic E-state index is 2.55. The van der Waals surface area contributed by atoms with Crippen LogP contribution >= 0.6 is 11.8 Å². The van der Waals surface area contributed by atoms with E-state index in [-0.39, 0.29) is 0 Å². The van der Waals surface area contributed by atoms with Crippen LogP contribution in [-0.2, 0) is 0 Å². The van der Waals surface area contributed by atoms with Gasteiger partial charge in [0.25, 0.3) is 0 Å². The van der Waals surface area contributed by atoms with E-state index in [1.807, 2.05) is 0 Å². The highest BCUT2D eigenvalue weighted by molar-refractivity contribution is 7.99. The van der Waals surface area contributed by atoms with Crippen molar-refractivity contribution in [2.45, 2.75) is 78.9 Å². The molecule has 5 unspecified atom stereocenters. The minimum absolute atomic E-state index is 0.640. The van der Waals surface area contributed by atoms with Gasteiger partial charge in [0.1, 0.15) is 0 Å². The SMILES string of the molecule is CCCCSC1CC2CC1C(C(C)C)(C(C)C(C)C)C2. The van der Waals surface area contributed by atoms with Gasteiger partial charge in [-0.2, -0.15) is 11.8 Å². The molecule has 0 heterocycles. The van der Waals surface area contributed by atoms with Gasteiger partial charge < -0.3 is 0 Å². The molecule has 0 saturated heterocycles. The number of fused-ring (bicyclic) bond motifs is 2. The van der Waals surface area contributed by atoms with Crippen LogP contribution < -0.4 is 0 Å². The minimum atomic E-state index is 0.640. The smallest absolute Gasteiger partial charge is 0.00835 e. The predicted molar refractivity (Wildman–Crippen MR) is 93.3 cm³/mol. The highest BCUT2D eigenvalue weighted by Crippen LogP contribution is 2.65. The van der Waals surface area contributed by atoms with E-state index < -0.39 is 0 Å². The van der Waals surface area contributed by atoms with Crippen molar-refractivity contribution >= 4 is 11.8 Å². The van der Waals surface area contributed by atoms with E-state index in [1.54, 1.807) is 6.42 Å². The lowest BCUT2D eigenvalue weighted by Crippen LogP contribution is -2.45. The van der Waals surface area contributed by atoms with Gasteiger partial charge in [-0.1, -0.05) is 48.0 Å². The van der Waals surface area contributed by atoms with E-state index in [1.165, 1.54) is 31.4 Å². The third kappa shape index (κ3) is 2.81. The van der Waals surface area contributed by atoms with Gasteiger partial charge in [0.2, 0.25) is 0 Å². The van der Waals surface area contributed by atoms with Crippen LogP contribution in [0.2, 0.25) is 0 Å². The Morgan fingerprint density at radius 3 is 2.30 bits per heavy atom. The summed E-state index contributed by atoms with van der Waals surface area (Å²) in [7, 11) is 0. The summed E-state index contributed by atoms with van der Waals surface area (Å²) in [6.45, 7) is 14.8. The second-order valence-corrected chi connectivity index (χ2v) is 9.56. The van der Waals surface area contributed by atoms with Crippen LogP contribution in [0.5, 0.6) is 0 Å². The van der Waals surface area contributed by atoms with Gasteiger partial charge in [0.05, 0.1) is 0 Å². The van der Waals surface area contributed by atoms with Crippen molar-refractivity contribution in [2.24, 2.45) is 35.0 Å². The van der Waals surface area contributed by atoms with Gasteiger partial charge >= 0.3 is 0 Å². The van der Waals surface area contributed by atoms with Gasteiger partial charge in [0.15, 0.2) is 0 Å². The van der Waals surface area contributed by atoms with Crippen molar-refractivity contribution in [3.05, 3.63) is 0 Å². The van der Waals surface area contributed by atoms with Gasteiger partial charge in [-0.05, 0) is 66.4 Å². The van der Waals surface area contributed by atoms with Crippen molar-refractivity contribution in [3.8, 4) is 0 Å². The third-order valence-corrected chi connectivity index (χ3v) is 8.16. The first-order chi connectivity index (χ1) is 9.43. The summed E-state index contributed by atoms with van der Waals surface area (Å²) in [6, 6.07) is 0. The largest absolute Gasteiger partial charge is 0.158 e. The molecule has 5 atom stereocenters. The van der Waals surface area contributed by atoms with Crippen molar-refractivity contribution in [1.82, 2.24) is 0 Å². The molecule has 2 rings (SSSR count). The molecule has 0 aromatic heterocycles. The zero-order valence-electron chi connectivity index (χ0n) is 14.6. The van der Waals surface area contributed by atoms with Crippen molar-refractivity contribution in [3.63, 3.8) is 0 Å². The molecule has 0 radical (unpaired) electrons. The molecule has 0 aromatic carbocycles. The van der Waals surface area contributed by atoms with Crippen LogP contribution in [0.1, 0.15) is 73.6 Å².